The molecule has 1 fully saturated rings. The van der Waals surface area contributed by atoms with Crippen LogP contribution in [-0.4, -0.2) is 41.2 Å². The van der Waals surface area contributed by atoms with Gasteiger partial charge >= 0.3 is 0 Å². The van der Waals surface area contributed by atoms with Crippen LogP contribution in [0, 0.1) is 5.82 Å². The molecule has 0 bridgehead atoms. The number of rotatable bonds is 4. The van der Waals surface area contributed by atoms with Gasteiger partial charge in [-0.2, -0.15) is 4.98 Å². The lowest BCUT2D eigenvalue weighted by atomic mass is 10.2. The van der Waals surface area contributed by atoms with Gasteiger partial charge in [0.05, 0.1) is 17.3 Å². The Morgan fingerprint density at radius 2 is 1.73 bits per heavy atom. The first kappa shape index (κ1) is 17.0. The Morgan fingerprint density at radius 1 is 1.00 bits per heavy atom. The van der Waals surface area contributed by atoms with Gasteiger partial charge in [0.1, 0.15) is 5.82 Å². The van der Waals surface area contributed by atoms with E-state index in [1.807, 2.05) is 24.3 Å². The van der Waals surface area contributed by atoms with Crippen LogP contribution >= 0.6 is 11.6 Å². The maximum absolute atomic E-state index is 13.0. The fourth-order valence-corrected chi connectivity index (χ4v) is 3.34. The van der Waals surface area contributed by atoms with Gasteiger partial charge in [-0.3, -0.25) is 4.90 Å². The summed E-state index contributed by atoms with van der Waals surface area (Å²) in [7, 11) is 0. The van der Waals surface area contributed by atoms with Gasteiger partial charge in [-0.05, 0) is 36.4 Å². The predicted octanol–water partition coefficient (Wildman–Crippen LogP) is 3.85. The van der Waals surface area contributed by atoms with Gasteiger partial charge in [0.2, 0.25) is 11.7 Å². The van der Waals surface area contributed by atoms with Gasteiger partial charge in [-0.25, -0.2) is 4.39 Å². The maximum atomic E-state index is 13.0. The highest BCUT2D eigenvalue weighted by atomic mass is 35.5. The van der Waals surface area contributed by atoms with E-state index < -0.39 is 0 Å². The minimum Gasteiger partial charge on any atom is -0.368 e. The first-order valence-electron chi connectivity index (χ1n) is 8.49. The van der Waals surface area contributed by atoms with E-state index in [0.717, 1.165) is 42.5 Å². The number of para-hydroxylation sites is 1. The van der Waals surface area contributed by atoms with Crippen molar-refractivity contribution in [1.29, 1.82) is 0 Å². The van der Waals surface area contributed by atoms with Crippen molar-refractivity contribution < 1.29 is 8.91 Å². The molecule has 0 N–H and O–H groups in total. The molecule has 0 atom stereocenters. The summed E-state index contributed by atoms with van der Waals surface area (Å²) in [6.45, 7) is 4.16. The molecule has 3 aromatic rings. The number of anilines is 1. The summed E-state index contributed by atoms with van der Waals surface area (Å²) < 4.78 is 18.4. The van der Waals surface area contributed by atoms with E-state index in [2.05, 4.69) is 19.9 Å². The highest BCUT2D eigenvalue weighted by molar-refractivity contribution is 6.33. The quantitative estimate of drug-likeness (QED) is 0.696. The van der Waals surface area contributed by atoms with E-state index >= 15 is 0 Å². The van der Waals surface area contributed by atoms with Crippen LogP contribution in [0.4, 0.5) is 10.1 Å². The van der Waals surface area contributed by atoms with Crippen molar-refractivity contribution >= 4 is 17.3 Å². The summed E-state index contributed by atoms with van der Waals surface area (Å²) in [5.74, 6) is 0.763. The van der Waals surface area contributed by atoms with Gasteiger partial charge in [0.15, 0.2) is 0 Å². The van der Waals surface area contributed by atoms with Crippen LogP contribution < -0.4 is 4.90 Å². The zero-order chi connectivity index (χ0) is 17.9. The van der Waals surface area contributed by atoms with Gasteiger partial charge in [0.25, 0.3) is 0 Å². The lowest BCUT2D eigenvalue weighted by Gasteiger charge is -2.35. The molecule has 1 aromatic heterocycles. The number of piperazine rings is 1. The van der Waals surface area contributed by atoms with E-state index in [0.29, 0.717) is 18.3 Å². The monoisotopic (exact) mass is 372 g/mol. The summed E-state index contributed by atoms with van der Waals surface area (Å²) in [5, 5.41) is 4.77. The van der Waals surface area contributed by atoms with Crippen molar-refractivity contribution in [3.05, 3.63) is 65.3 Å². The van der Waals surface area contributed by atoms with Gasteiger partial charge in [-0.15, -0.1) is 0 Å². The molecule has 0 amide bonds. The Hall–Kier alpha value is -2.44. The SMILES string of the molecule is Fc1ccc(-c2noc(CN3CCN(c4ccccc4Cl)CC3)n2)cc1. The van der Waals surface area contributed by atoms with Crippen LogP contribution in [0.15, 0.2) is 53.1 Å². The number of hydrogen-bond acceptors (Lipinski definition) is 5. The van der Waals surface area contributed by atoms with Gasteiger partial charge in [-0.1, -0.05) is 28.9 Å². The maximum Gasteiger partial charge on any atom is 0.241 e. The minimum absolute atomic E-state index is 0.283. The number of aromatic nitrogens is 2. The molecule has 4 rings (SSSR count). The lowest BCUT2D eigenvalue weighted by Crippen LogP contribution is -2.46. The van der Waals surface area contributed by atoms with Gasteiger partial charge < -0.3 is 9.42 Å². The summed E-state index contributed by atoms with van der Waals surface area (Å²) in [6, 6.07) is 14.0. The summed E-state index contributed by atoms with van der Waals surface area (Å²) in [6.07, 6.45) is 0. The van der Waals surface area contributed by atoms with Gasteiger partial charge in [0, 0.05) is 31.7 Å². The Morgan fingerprint density at radius 3 is 2.46 bits per heavy atom. The van der Waals surface area contributed by atoms with Crippen molar-refractivity contribution in [3.63, 3.8) is 0 Å². The minimum atomic E-state index is -0.283. The normalized spacial score (nSPS) is 15.4. The molecule has 1 saturated heterocycles. The molecule has 7 heteroatoms. The number of nitrogens with zero attached hydrogens (tertiary/aromatic N) is 4. The molecule has 0 aliphatic carbocycles. The lowest BCUT2D eigenvalue weighted by molar-refractivity contribution is 0.215. The molecule has 0 spiro atoms. The number of benzene rings is 2. The van der Waals surface area contributed by atoms with E-state index in [1.54, 1.807) is 12.1 Å². The molecular formula is C19H18ClFN4O. The summed E-state index contributed by atoms with van der Waals surface area (Å²) in [5.41, 5.74) is 1.81. The first-order valence-corrected chi connectivity index (χ1v) is 8.87. The average molecular weight is 373 g/mol. The fourth-order valence-electron chi connectivity index (χ4n) is 3.08. The van der Waals surface area contributed by atoms with E-state index in [4.69, 9.17) is 16.1 Å². The standard InChI is InChI=1S/C19H18ClFN4O/c20-16-3-1-2-4-17(16)25-11-9-24(10-12-25)13-18-22-19(23-26-18)14-5-7-15(21)8-6-14/h1-8H,9-13H2. The van der Waals surface area contributed by atoms with E-state index in [1.165, 1.54) is 12.1 Å². The number of hydrogen-bond donors (Lipinski definition) is 0. The van der Waals surface area contributed by atoms with Crippen molar-refractivity contribution in [1.82, 2.24) is 15.0 Å². The van der Waals surface area contributed by atoms with Crippen molar-refractivity contribution in [2.45, 2.75) is 6.54 Å². The van der Waals surface area contributed by atoms with Crippen LogP contribution in [0.3, 0.4) is 0 Å². The van der Waals surface area contributed by atoms with E-state index in [9.17, 15) is 4.39 Å². The Kier molecular flexibility index (Phi) is 4.86. The van der Waals surface area contributed by atoms with Crippen LogP contribution in [-0.2, 0) is 6.54 Å². The third kappa shape index (κ3) is 3.71. The topological polar surface area (TPSA) is 45.4 Å². The summed E-state index contributed by atoms with van der Waals surface area (Å²) >= 11 is 6.28. The molecule has 26 heavy (non-hydrogen) atoms. The molecule has 0 unspecified atom stereocenters. The molecule has 2 heterocycles. The molecule has 0 radical (unpaired) electrons. The zero-order valence-electron chi connectivity index (χ0n) is 14.1. The Bertz CT molecular complexity index is 875. The average Bonchev–Trinajstić information content (AvgIpc) is 3.12. The van der Waals surface area contributed by atoms with Crippen molar-refractivity contribution in [2.75, 3.05) is 31.1 Å². The number of halogens is 2. The second-order valence-electron chi connectivity index (χ2n) is 6.23. The highest BCUT2D eigenvalue weighted by Crippen LogP contribution is 2.26. The molecule has 134 valence electrons. The van der Waals surface area contributed by atoms with Crippen LogP contribution in [0.1, 0.15) is 5.89 Å². The molecule has 2 aromatic carbocycles. The summed E-state index contributed by atoms with van der Waals surface area (Å²) in [4.78, 5) is 8.98. The molecule has 5 nitrogen and oxygen atoms in total. The van der Waals surface area contributed by atoms with E-state index in [-0.39, 0.29) is 5.82 Å². The third-order valence-corrected chi connectivity index (χ3v) is 4.81. The Balaban J connectivity index is 1.36. The van der Waals surface area contributed by atoms with Crippen molar-refractivity contribution in [3.8, 4) is 11.4 Å². The van der Waals surface area contributed by atoms with Crippen molar-refractivity contribution in [2.24, 2.45) is 0 Å². The third-order valence-electron chi connectivity index (χ3n) is 4.49. The molecule has 0 saturated carbocycles. The van der Waals surface area contributed by atoms with Crippen LogP contribution in [0.25, 0.3) is 11.4 Å². The molecule has 1 aliphatic rings. The predicted molar refractivity (Wildman–Crippen MR) is 98.6 cm³/mol. The van der Waals surface area contributed by atoms with Crippen LogP contribution in [0.2, 0.25) is 5.02 Å². The largest absolute Gasteiger partial charge is 0.368 e. The highest BCUT2D eigenvalue weighted by Gasteiger charge is 2.20. The van der Waals surface area contributed by atoms with Crippen LogP contribution in [0.5, 0.6) is 0 Å². The smallest absolute Gasteiger partial charge is 0.241 e. The molecular weight excluding hydrogens is 355 g/mol. The Labute approximate surface area is 156 Å². The fraction of sp³-hybridized carbons (Fsp3) is 0.263. The second kappa shape index (κ2) is 7.43. The molecule has 1 aliphatic heterocycles. The second-order valence-corrected chi connectivity index (χ2v) is 6.64. The first-order chi connectivity index (χ1) is 12.7. The zero-order valence-corrected chi connectivity index (χ0v) is 14.9.